The molecule has 0 fully saturated rings. The van der Waals surface area contributed by atoms with E-state index >= 15 is 0 Å². The van der Waals surface area contributed by atoms with E-state index in [0.717, 1.165) is 11.1 Å². The Balaban J connectivity index is 2.08. The molecule has 0 saturated carbocycles. The predicted octanol–water partition coefficient (Wildman–Crippen LogP) is 4.71. The molecule has 0 radical (unpaired) electrons. The minimum absolute atomic E-state index is 0.0357. The lowest BCUT2D eigenvalue weighted by Crippen LogP contribution is -1.92. The number of benzene rings is 2. The summed E-state index contributed by atoms with van der Waals surface area (Å²) in [6.07, 6.45) is 3.49. The number of hydrogen-bond donors (Lipinski definition) is 0. The molecule has 0 spiro atoms. The third-order valence-corrected chi connectivity index (χ3v) is 3.09. The van der Waals surface area contributed by atoms with Crippen LogP contribution in [0.15, 0.2) is 60.7 Å². The largest absolute Gasteiger partial charge is 0.289 e. The second-order valence-electron chi connectivity index (χ2n) is 4.88. The molecule has 1 nitrogen and oxygen atoms in total. The summed E-state index contributed by atoms with van der Waals surface area (Å²) >= 11 is 0. The van der Waals surface area contributed by atoms with Crippen LogP contribution in [0, 0.1) is 0 Å². The zero-order valence-corrected chi connectivity index (χ0v) is 11.3. The lowest BCUT2D eigenvalue weighted by atomic mass is 10.0. The normalized spacial score (nSPS) is 11.1. The van der Waals surface area contributed by atoms with Crippen LogP contribution in [0.2, 0.25) is 0 Å². The van der Waals surface area contributed by atoms with E-state index in [0.29, 0.717) is 5.92 Å². The summed E-state index contributed by atoms with van der Waals surface area (Å²) in [4.78, 5) is 11.9. The fourth-order valence-electron chi connectivity index (χ4n) is 1.86. The highest BCUT2D eigenvalue weighted by Gasteiger charge is 2.00. The van der Waals surface area contributed by atoms with Crippen LogP contribution in [0.4, 0.5) is 0 Å². The first-order chi connectivity index (χ1) is 9.16. The smallest absolute Gasteiger partial charge is 0.185 e. The quantitative estimate of drug-likeness (QED) is 0.567. The molecular formula is C18H18O. The van der Waals surface area contributed by atoms with Gasteiger partial charge in [-0.25, -0.2) is 0 Å². The van der Waals surface area contributed by atoms with E-state index in [1.54, 1.807) is 6.08 Å². The van der Waals surface area contributed by atoms with Crippen LogP contribution in [0.3, 0.4) is 0 Å². The maximum atomic E-state index is 11.9. The van der Waals surface area contributed by atoms with Gasteiger partial charge in [0.15, 0.2) is 5.78 Å². The van der Waals surface area contributed by atoms with Gasteiger partial charge in [-0.15, -0.1) is 0 Å². The van der Waals surface area contributed by atoms with E-state index in [9.17, 15) is 4.79 Å². The molecule has 0 unspecified atom stereocenters. The molecule has 1 heteroatoms. The molecule has 2 aromatic rings. The zero-order chi connectivity index (χ0) is 13.7. The van der Waals surface area contributed by atoms with Crippen molar-refractivity contribution in [2.24, 2.45) is 0 Å². The monoisotopic (exact) mass is 250 g/mol. The summed E-state index contributed by atoms with van der Waals surface area (Å²) in [6.45, 7) is 4.34. The van der Waals surface area contributed by atoms with Crippen LogP contribution >= 0.6 is 0 Å². The van der Waals surface area contributed by atoms with Gasteiger partial charge in [0, 0.05) is 5.56 Å². The molecule has 0 aromatic heterocycles. The highest BCUT2D eigenvalue weighted by atomic mass is 16.1. The minimum Gasteiger partial charge on any atom is -0.289 e. The Morgan fingerprint density at radius 2 is 1.58 bits per heavy atom. The Kier molecular flexibility index (Phi) is 4.30. The van der Waals surface area contributed by atoms with Crippen LogP contribution in [-0.4, -0.2) is 5.78 Å². The summed E-state index contributed by atoms with van der Waals surface area (Å²) in [7, 11) is 0. The highest BCUT2D eigenvalue weighted by Crippen LogP contribution is 2.15. The van der Waals surface area contributed by atoms with Crippen LogP contribution in [0.5, 0.6) is 0 Å². The highest BCUT2D eigenvalue weighted by molar-refractivity contribution is 6.06. The Morgan fingerprint density at radius 3 is 2.16 bits per heavy atom. The molecule has 19 heavy (non-hydrogen) atoms. The molecular weight excluding hydrogens is 232 g/mol. The van der Waals surface area contributed by atoms with Crippen LogP contribution in [-0.2, 0) is 0 Å². The summed E-state index contributed by atoms with van der Waals surface area (Å²) in [5, 5.41) is 0. The Bertz CT molecular complexity index is 562. The van der Waals surface area contributed by atoms with Crippen molar-refractivity contribution in [3.8, 4) is 0 Å². The van der Waals surface area contributed by atoms with Crippen LogP contribution in [0.1, 0.15) is 41.3 Å². The molecule has 0 amide bonds. The SMILES string of the molecule is CC(C)c1ccc(/C=C/C(=O)c2ccccc2)cc1. The standard InChI is InChI=1S/C18H18O/c1-14(2)16-11-8-15(9-12-16)10-13-18(19)17-6-4-3-5-7-17/h3-14H,1-2H3/b13-10+. The van der Waals surface area contributed by atoms with Gasteiger partial charge in [0.05, 0.1) is 0 Å². The average Bonchev–Trinajstić information content (AvgIpc) is 2.46. The molecule has 2 rings (SSSR count). The predicted molar refractivity (Wildman–Crippen MR) is 80.3 cm³/mol. The van der Waals surface area contributed by atoms with Gasteiger partial charge in [-0.05, 0) is 23.1 Å². The molecule has 0 aliphatic carbocycles. The van der Waals surface area contributed by atoms with Crippen molar-refractivity contribution in [1.29, 1.82) is 0 Å². The molecule has 2 aromatic carbocycles. The van der Waals surface area contributed by atoms with Crippen molar-refractivity contribution in [1.82, 2.24) is 0 Å². The number of rotatable bonds is 4. The molecule has 0 aliphatic heterocycles. The van der Waals surface area contributed by atoms with Crippen LogP contribution < -0.4 is 0 Å². The number of ketones is 1. The van der Waals surface area contributed by atoms with Crippen molar-refractivity contribution in [3.05, 3.63) is 77.4 Å². The Hall–Kier alpha value is -2.15. The third-order valence-electron chi connectivity index (χ3n) is 3.09. The van der Waals surface area contributed by atoms with Crippen LogP contribution in [0.25, 0.3) is 6.08 Å². The second kappa shape index (κ2) is 6.14. The fraction of sp³-hybridized carbons (Fsp3) is 0.167. The first kappa shape index (κ1) is 13.3. The summed E-state index contributed by atoms with van der Waals surface area (Å²) < 4.78 is 0. The number of allylic oxidation sites excluding steroid dienone is 1. The van der Waals surface area contributed by atoms with E-state index in [2.05, 4.69) is 26.0 Å². The molecule has 0 N–H and O–H groups in total. The van der Waals surface area contributed by atoms with Gasteiger partial charge in [0.25, 0.3) is 0 Å². The third kappa shape index (κ3) is 3.65. The van der Waals surface area contributed by atoms with E-state index < -0.39 is 0 Å². The number of carbonyl (C=O) groups excluding carboxylic acids is 1. The summed E-state index contributed by atoms with van der Waals surface area (Å²) in [5.41, 5.74) is 3.08. The first-order valence-electron chi connectivity index (χ1n) is 6.54. The van der Waals surface area contributed by atoms with Gasteiger partial charge < -0.3 is 0 Å². The molecule has 0 bridgehead atoms. The molecule has 96 valence electrons. The first-order valence-corrected chi connectivity index (χ1v) is 6.54. The molecule has 0 aliphatic rings. The summed E-state index contributed by atoms with van der Waals surface area (Å²) in [5.74, 6) is 0.567. The topological polar surface area (TPSA) is 17.1 Å². The number of carbonyl (C=O) groups is 1. The fourth-order valence-corrected chi connectivity index (χ4v) is 1.86. The van der Waals surface area contributed by atoms with Crippen molar-refractivity contribution in [3.63, 3.8) is 0 Å². The number of hydrogen-bond acceptors (Lipinski definition) is 1. The van der Waals surface area contributed by atoms with Crippen molar-refractivity contribution in [2.75, 3.05) is 0 Å². The summed E-state index contributed by atoms with van der Waals surface area (Å²) in [6, 6.07) is 17.6. The minimum atomic E-state index is 0.0357. The van der Waals surface area contributed by atoms with E-state index in [1.165, 1.54) is 5.56 Å². The molecule has 0 saturated heterocycles. The van der Waals surface area contributed by atoms with Gasteiger partial charge >= 0.3 is 0 Å². The lowest BCUT2D eigenvalue weighted by Gasteiger charge is -2.04. The van der Waals surface area contributed by atoms with Crippen molar-refractivity contribution < 1.29 is 4.79 Å². The molecule has 0 heterocycles. The van der Waals surface area contributed by atoms with Crippen molar-refractivity contribution >= 4 is 11.9 Å². The Morgan fingerprint density at radius 1 is 0.947 bits per heavy atom. The maximum absolute atomic E-state index is 11.9. The van der Waals surface area contributed by atoms with Gasteiger partial charge in [0.1, 0.15) is 0 Å². The lowest BCUT2D eigenvalue weighted by molar-refractivity contribution is 0.104. The van der Waals surface area contributed by atoms with Gasteiger partial charge in [-0.2, -0.15) is 0 Å². The van der Waals surface area contributed by atoms with Gasteiger partial charge in [0.2, 0.25) is 0 Å². The van der Waals surface area contributed by atoms with E-state index in [4.69, 9.17) is 0 Å². The average molecular weight is 250 g/mol. The van der Waals surface area contributed by atoms with Gasteiger partial charge in [-0.3, -0.25) is 4.79 Å². The zero-order valence-electron chi connectivity index (χ0n) is 11.3. The maximum Gasteiger partial charge on any atom is 0.185 e. The van der Waals surface area contributed by atoms with E-state index in [-0.39, 0.29) is 5.78 Å². The second-order valence-corrected chi connectivity index (χ2v) is 4.88. The van der Waals surface area contributed by atoms with Crippen molar-refractivity contribution in [2.45, 2.75) is 19.8 Å². The Labute approximate surface area is 114 Å². The van der Waals surface area contributed by atoms with Gasteiger partial charge in [-0.1, -0.05) is 74.5 Å². The van der Waals surface area contributed by atoms with E-state index in [1.807, 2.05) is 48.5 Å². The molecule has 0 atom stereocenters.